The van der Waals surface area contributed by atoms with Gasteiger partial charge in [0.2, 0.25) is 0 Å². The molecule has 0 saturated heterocycles. The molecule has 3 rings (SSSR count). The molecule has 3 nitrogen and oxygen atoms in total. The van der Waals surface area contributed by atoms with E-state index in [-0.39, 0.29) is 6.42 Å². The van der Waals surface area contributed by atoms with E-state index in [1.54, 1.807) is 0 Å². The third kappa shape index (κ3) is 4.86. The molecule has 3 heteroatoms. The van der Waals surface area contributed by atoms with Crippen molar-refractivity contribution < 1.29 is 14.6 Å². The Morgan fingerprint density at radius 3 is 2.52 bits per heavy atom. The Bertz CT molecular complexity index is 877. The fraction of sp³-hybridized carbons (Fsp3) is 0.136. The highest BCUT2D eigenvalue weighted by Crippen LogP contribution is 2.24. The van der Waals surface area contributed by atoms with E-state index in [2.05, 4.69) is 11.5 Å². The average molecular weight is 330 g/mol. The van der Waals surface area contributed by atoms with Crippen molar-refractivity contribution in [2.75, 3.05) is 0 Å². The van der Waals surface area contributed by atoms with E-state index >= 15 is 0 Å². The van der Waals surface area contributed by atoms with Crippen molar-refractivity contribution in [1.29, 1.82) is 0 Å². The number of carbonyl (C=O) groups is 1. The van der Waals surface area contributed by atoms with E-state index in [1.165, 1.54) is 0 Å². The van der Waals surface area contributed by atoms with E-state index in [0.717, 1.165) is 28.0 Å². The number of ether oxygens (including phenoxy) is 1. The van der Waals surface area contributed by atoms with E-state index < -0.39 is 5.97 Å². The lowest BCUT2D eigenvalue weighted by atomic mass is 9.99. The number of carboxylic acid groups (broad SMARTS) is 1. The third-order valence-electron chi connectivity index (χ3n) is 3.83. The van der Waals surface area contributed by atoms with Gasteiger partial charge in [-0.3, -0.25) is 4.79 Å². The summed E-state index contributed by atoms with van der Waals surface area (Å²) in [5.41, 5.74) is 9.94. The normalized spacial score (nSPS) is 12.5. The second kappa shape index (κ2) is 8.03. The standard InChI is InChI=1S/C22H18O3/c23-22(24)14-9-17-7-4-8-20(15-17)19-10-12-21(13-11-19)25-16-18-5-2-1-3-6-18/h1-3,5-6,8,10-13,15H,9,14,16H2,(H,23,24). The topological polar surface area (TPSA) is 46.5 Å². The largest absolute Gasteiger partial charge is 0.489 e. The van der Waals surface area contributed by atoms with Gasteiger partial charge in [0.05, 0.1) is 0 Å². The maximum atomic E-state index is 10.7. The molecule has 124 valence electrons. The van der Waals surface area contributed by atoms with Crippen LogP contribution >= 0.6 is 0 Å². The highest BCUT2D eigenvalue weighted by molar-refractivity contribution is 5.77. The van der Waals surface area contributed by atoms with Gasteiger partial charge in [-0.15, -0.1) is 0 Å². The summed E-state index contributed by atoms with van der Waals surface area (Å²) in [5, 5.41) is 8.79. The maximum absolute atomic E-state index is 10.7. The van der Waals surface area contributed by atoms with Crippen LogP contribution in [0.5, 0.6) is 5.75 Å². The lowest BCUT2D eigenvalue weighted by Crippen LogP contribution is -1.96. The highest BCUT2D eigenvalue weighted by Gasteiger charge is 2.06. The van der Waals surface area contributed by atoms with Gasteiger partial charge in [-0.05, 0) is 47.4 Å². The molecule has 1 aliphatic rings. The van der Waals surface area contributed by atoms with Gasteiger partial charge >= 0.3 is 5.97 Å². The molecule has 2 aromatic rings. The fourth-order valence-corrected chi connectivity index (χ4v) is 2.50. The summed E-state index contributed by atoms with van der Waals surface area (Å²) in [7, 11) is 0. The first-order valence-electron chi connectivity index (χ1n) is 8.12. The molecule has 0 atom stereocenters. The molecule has 0 bridgehead atoms. The Hall–Kier alpha value is -3.25. The molecule has 0 radical (unpaired) electrons. The Labute approximate surface area is 146 Å². The minimum atomic E-state index is -0.807. The minimum absolute atomic E-state index is 0.0973. The third-order valence-corrected chi connectivity index (χ3v) is 3.83. The van der Waals surface area contributed by atoms with Crippen LogP contribution in [0.3, 0.4) is 0 Å². The molecule has 0 fully saturated rings. The number of allylic oxidation sites excluding steroid dienone is 4. The van der Waals surface area contributed by atoms with Gasteiger partial charge in [-0.1, -0.05) is 53.9 Å². The summed E-state index contributed by atoms with van der Waals surface area (Å²) >= 11 is 0. The first kappa shape index (κ1) is 16.6. The summed E-state index contributed by atoms with van der Waals surface area (Å²) in [5.74, 6) is 0.00361. The Morgan fingerprint density at radius 2 is 1.80 bits per heavy atom. The number of benzene rings is 2. The van der Waals surface area contributed by atoms with Crippen LogP contribution in [0.4, 0.5) is 0 Å². The summed E-state index contributed by atoms with van der Waals surface area (Å²) in [6, 6.07) is 17.9. The minimum Gasteiger partial charge on any atom is -0.489 e. The molecule has 1 N–H and O–H groups in total. The zero-order chi connectivity index (χ0) is 17.5. The van der Waals surface area contributed by atoms with Crippen molar-refractivity contribution in [3.63, 3.8) is 0 Å². The van der Waals surface area contributed by atoms with Crippen LogP contribution in [0.1, 0.15) is 24.0 Å². The smallest absolute Gasteiger partial charge is 0.303 e. The second-order valence-corrected chi connectivity index (χ2v) is 5.73. The quantitative estimate of drug-likeness (QED) is 0.744. The van der Waals surface area contributed by atoms with Crippen molar-refractivity contribution in [2.45, 2.75) is 19.4 Å². The Kier molecular flexibility index (Phi) is 5.33. The van der Waals surface area contributed by atoms with Crippen molar-refractivity contribution in [3.05, 3.63) is 94.9 Å². The molecule has 25 heavy (non-hydrogen) atoms. The Morgan fingerprint density at radius 1 is 1.04 bits per heavy atom. The predicted molar refractivity (Wildman–Crippen MR) is 97.2 cm³/mol. The number of hydrogen-bond donors (Lipinski definition) is 1. The highest BCUT2D eigenvalue weighted by atomic mass is 16.5. The molecular weight excluding hydrogens is 312 g/mol. The van der Waals surface area contributed by atoms with Gasteiger partial charge in [0.25, 0.3) is 0 Å². The van der Waals surface area contributed by atoms with Crippen molar-refractivity contribution in [3.8, 4) is 5.75 Å². The van der Waals surface area contributed by atoms with E-state index in [4.69, 9.17) is 9.84 Å². The van der Waals surface area contributed by atoms with Gasteiger partial charge in [0.1, 0.15) is 12.4 Å². The first-order valence-corrected chi connectivity index (χ1v) is 8.12. The molecule has 0 amide bonds. The molecule has 1 aliphatic carbocycles. The van der Waals surface area contributed by atoms with E-state index in [1.807, 2.05) is 66.7 Å². The van der Waals surface area contributed by atoms with Gasteiger partial charge in [-0.2, -0.15) is 0 Å². The van der Waals surface area contributed by atoms with Crippen LogP contribution in [-0.2, 0) is 11.4 Å². The van der Waals surface area contributed by atoms with Crippen LogP contribution in [0.25, 0.3) is 5.57 Å². The molecule has 2 aromatic carbocycles. The molecule has 0 aromatic heterocycles. The average Bonchev–Trinajstić information content (AvgIpc) is 2.66. The summed E-state index contributed by atoms with van der Waals surface area (Å²) in [6.07, 6.45) is 4.36. The van der Waals surface area contributed by atoms with E-state index in [9.17, 15) is 4.79 Å². The second-order valence-electron chi connectivity index (χ2n) is 5.73. The molecular formula is C22H18O3. The summed E-state index contributed by atoms with van der Waals surface area (Å²) in [4.78, 5) is 10.7. The van der Waals surface area contributed by atoms with Crippen molar-refractivity contribution in [1.82, 2.24) is 0 Å². The SMILES string of the molecule is O=C(O)CCC1=C=C=CC(c2ccc(OCc3ccccc3)cc2)=C1. The van der Waals surface area contributed by atoms with Gasteiger partial charge in [0.15, 0.2) is 0 Å². The maximum Gasteiger partial charge on any atom is 0.303 e. The number of carboxylic acids is 1. The van der Waals surface area contributed by atoms with Crippen LogP contribution in [0.2, 0.25) is 0 Å². The number of hydrogen-bond acceptors (Lipinski definition) is 2. The molecule has 0 heterocycles. The van der Waals surface area contributed by atoms with Crippen LogP contribution in [-0.4, -0.2) is 11.1 Å². The van der Waals surface area contributed by atoms with Crippen LogP contribution < -0.4 is 4.74 Å². The number of rotatable bonds is 7. The predicted octanol–water partition coefficient (Wildman–Crippen LogP) is 4.76. The lowest BCUT2D eigenvalue weighted by molar-refractivity contribution is -0.136. The molecule has 0 aliphatic heterocycles. The molecule has 0 spiro atoms. The zero-order valence-corrected chi connectivity index (χ0v) is 13.7. The molecule has 0 unspecified atom stereocenters. The zero-order valence-electron chi connectivity index (χ0n) is 13.7. The summed E-state index contributed by atoms with van der Waals surface area (Å²) < 4.78 is 5.79. The van der Waals surface area contributed by atoms with Crippen molar-refractivity contribution >= 4 is 11.5 Å². The van der Waals surface area contributed by atoms with Gasteiger partial charge in [-0.25, -0.2) is 0 Å². The van der Waals surface area contributed by atoms with Gasteiger partial charge in [0, 0.05) is 12.0 Å². The monoisotopic (exact) mass is 330 g/mol. The Balaban J connectivity index is 1.63. The van der Waals surface area contributed by atoms with Gasteiger partial charge < -0.3 is 9.84 Å². The summed E-state index contributed by atoms with van der Waals surface area (Å²) in [6.45, 7) is 0.535. The number of aliphatic carboxylic acids is 1. The fourth-order valence-electron chi connectivity index (χ4n) is 2.50. The van der Waals surface area contributed by atoms with Crippen LogP contribution in [0.15, 0.2) is 83.8 Å². The lowest BCUT2D eigenvalue weighted by Gasteiger charge is -2.09. The first-order chi connectivity index (χ1) is 12.2. The molecule has 0 saturated carbocycles. The van der Waals surface area contributed by atoms with Crippen molar-refractivity contribution in [2.24, 2.45) is 0 Å². The van der Waals surface area contributed by atoms with Crippen LogP contribution in [0, 0.1) is 0 Å². The van der Waals surface area contributed by atoms with E-state index in [0.29, 0.717) is 13.0 Å².